The molecule has 0 aromatic rings. The Hall–Kier alpha value is -1.06. The standard InChI is InChI=1S/C15H23NO3/c1-15(2)7-4-8-16(12(15)14(18)19)13(17)11-9-5-3-6-10(9)11/h9-12H,3-8H2,1-2H3,(H,18,19). The van der Waals surface area contributed by atoms with E-state index in [2.05, 4.69) is 0 Å². The summed E-state index contributed by atoms with van der Waals surface area (Å²) in [6.07, 6.45) is 5.37. The zero-order valence-electron chi connectivity index (χ0n) is 11.8. The highest BCUT2D eigenvalue weighted by Crippen LogP contribution is 2.58. The van der Waals surface area contributed by atoms with Gasteiger partial charge in [0.05, 0.1) is 0 Å². The van der Waals surface area contributed by atoms with Gasteiger partial charge in [-0.25, -0.2) is 4.79 Å². The van der Waals surface area contributed by atoms with Gasteiger partial charge in [-0.1, -0.05) is 20.3 Å². The van der Waals surface area contributed by atoms with Crippen molar-refractivity contribution in [2.45, 2.75) is 52.0 Å². The van der Waals surface area contributed by atoms with Gasteiger partial charge in [0.2, 0.25) is 5.91 Å². The van der Waals surface area contributed by atoms with E-state index in [1.807, 2.05) is 13.8 Å². The molecule has 4 nitrogen and oxygen atoms in total. The molecule has 0 aromatic carbocycles. The Kier molecular flexibility index (Phi) is 2.88. The van der Waals surface area contributed by atoms with Crippen LogP contribution in [0.4, 0.5) is 0 Å². The van der Waals surface area contributed by atoms with Crippen molar-refractivity contribution in [3.63, 3.8) is 0 Å². The Labute approximate surface area is 114 Å². The van der Waals surface area contributed by atoms with Gasteiger partial charge in [0, 0.05) is 12.5 Å². The van der Waals surface area contributed by atoms with Crippen LogP contribution >= 0.6 is 0 Å². The molecule has 1 N–H and O–H groups in total. The van der Waals surface area contributed by atoms with Gasteiger partial charge >= 0.3 is 5.97 Å². The lowest BCUT2D eigenvalue weighted by molar-refractivity contribution is -0.159. The molecule has 3 unspecified atom stereocenters. The highest BCUT2D eigenvalue weighted by atomic mass is 16.4. The summed E-state index contributed by atoms with van der Waals surface area (Å²) >= 11 is 0. The maximum Gasteiger partial charge on any atom is 0.326 e. The van der Waals surface area contributed by atoms with Crippen LogP contribution in [0.5, 0.6) is 0 Å². The number of carbonyl (C=O) groups is 2. The molecule has 0 radical (unpaired) electrons. The number of aliphatic carboxylic acids is 1. The molecule has 2 aliphatic carbocycles. The van der Waals surface area contributed by atoms with Crippen LogP contribution < -0.4 is 0 Å². The normalized spacial score (nSPS) is 39.8. The van der Waals surface area contributed by atoms with E-state index in [0.29, 0.717) is 18.4 Å². The molecule has 3 aliphatic rings. The van der Waals surface area contributed by atoms with Crippen molar-refractivity contribution in [3.8, 4) is 0 Å². The summed E-state index contributed by atoms with van der Waals surface area (Å²) in [5.41, 5.74) is -0.316. The van der Waals surface area contributed by atoms with Crippen LogP contribution in [0.15, 0.2) is 0 Å². The average molecular weight is 265 g/mol. The van der Waals surface area contributed by atoms with Crippen LogP contribution in [-0.4, -0.2) is 34.5 Å². The number of piperidine rings is 1. The highest BCUT2D eigenvalue weighted by Gasteiger charge is 2.59. The molecule has 0 spiro atoms. The van der Waals surface area contributed by atoms with Crippen molar-refractivity contribution in [3.05, 3.63) is 0 Å². The maximum absolute atomic E-state index is 12.6. The first kappa shape index (κ1) is 12.9. The molecular weight excluding hydrogens is 242 g/mol. The van der Waals surface area contributed by atoms with Crippen molar-refractivity contribution in [2.24, 2.45) is 23.2 Å². The van der Waals surface area contributed by atoms with Gasteiger partial charge in [0.25, 0.3) is 0 Å². The van der Waals surface area contributed by atoms with Gasteiger partial charge in [-0.3, -0.25) is 4.79 Å². The van der Waals surface area contributed by atoms with Crippen LogP contribution in [0.1, 0.15) is 46.0 Å². The van der Waals surface area contributed by atoms with E-state index in [4.69, 9.17) is 0 Å². The second kappa shape index (κ2) is 4.22. The van der Waals surface area contributed by atoms with Crippen molar-refractivity contribution in [1.82, 2.24) is 4.90 Å². The first-order chi connectivity index (χ1) is 8.93. The van der Waals surface area contributed by atoms with E-state index in [0.717, 1.165) is 25.7 Å². The number of fused-ring (bicyclic) bond motifs is 1. The van der Waals surface area contributed by atoms with E-state index in [1.165, 1.54) is 6.42 Å². The number of likely N-dealkylation sites (tertiary alicyclic amines) is 1. The Bertz CT molecular complexity index is 408. The van der Waals surface area contributed by atoms with Gasteiger partial charge in [0.1, 0.15) is 6.04 Å². The number of amides is 1. The number of hydrogen-bond donors (Lipinski definition) is 1. The molecule has 1 saturated heterocycles. The Morgan fingerprint density at radius 1 is 1.16 bits per heavy atom. The molecule has 1 amide bonds. The van der Waals surface area contributed by atoms with Crippen LogP contribution in [0.3, 0.4) is 0 Å². The van der Waals surface area contributed by atoms with E-state index in [-0.39, 0.29) is 17.2 Å². The quantitative estimate of drug-likeness (QED) is 0.832. The second-order valence-corrected chi connectivity index (χ2v) is 7.15. The lowest BCUT2D eigenvalue weighted by atomic mass is 9.76. The summed E-state index contributed by atoms with van der Waals surface area (Å²) in [6, 6.07) is -0.643. The fraction of sp³-hybridized carbons (Fsp3) is 0.867. The first-order valence-electron chi connectivity index (χ1n) is 7.47. The third-order valence-electron chi connectivity index (χ3n) is 5.48. The Morgan fingerprint density at radius 2 is 1.79 bits per heavy atom. The fourth-order valence-electron chi connectivity index (χ4n) is 4.48. The predicted molar refractivity (Wildman–Crippen MR) is 70.5 cm³/mol. The van der Waals surface area contributed by atoms with Gasteiger partial charge in [-0.2, -0.15) is 0 Å². The number of nitrogens with zero attached hydrogens (tertiary/aromatic N) is 1. The van der Waals surface area contributed by atoms with Crippen LogP contribution in [-0.2, 0) is 9.59 Å². The summed E-state index contributed by atoms with van der Waals surface area (Å²) < 4.78 is 0. The third-order valence-corrected chi connectivity index (χ3v) is 5.48. The number of carboxylic acid groups (broad SMARTS) is 1. The minimum absolute atomic E-state index is 0.120. The summed E-state index contributed by atoms with van der Waals surface area (Å²) in [4.78, 5) is 25.9. The molecule has 3 fully saturated rings. The molecule has 3 atom stereocenters. The number of rotatable bonds is 2. The third kappa shape index (κ3) is 1.96. The molecule has 4 heteroatoms. The molecule has 0 bridgehead atoms. The van der Waals surface area contributed by atoms with Gasteiger partial charge in [-0.05, 0) is 42.9 Å². The van der Waals surface area contributed by atoms with Crippen molar-refractivity contribution in [1.29, 1.82) is 0 Å². The number of carboxylic acids is 1. The maximum atomic E-state index is 12.6. The molecule has 1 heterocycles. The Morgan fingerprint density at radius 3 is 2.37 bits per heavy atom. The monoisotopic (exact) mass is 265 g/mol. The van der Waals surface area contributed by atoms with E-state index < -0.39 is 12.0 Å². The molecule has 1 aliphatic heterocycles. The summed E-state index contributed by atoms with van der Waals surface area (Å²) in [6.45, 7) is 4.56. The largest absolute Gasteiger partial charge is 0.480 e. The van der Waals surface area contributed by atoms with E-state index in [1.54, 1.807) is 4.90 Å². The molecule has 19 heavy (non-hydrogen) atoms. The van der Waals surface area contributed by atoms with E-state index in [9.17, 15) is 14.7 Å². The zero-order valence-corrected chi connectivity index (χ0v) is 11.8. The molecule has 106 valence electrons. The average Bonchev–Trinajstić information content (AvgIpc) is 2.78. The van der Waals surface area contributed by atoms with Crippen molar-refractivity contribution < 1.29 is 14.7 Å². The molecule has 3 rings (SSSR count). The van der Waals surface area contributed by atoms with Gasteiger partial charge in [-0.15, -0.1) is 0 Å². The minimum Gasteiger partial charge on any atom is -0.480 e. The molecule has 0 aromatic heterocycles. The topological polar surface area (TPSA) is 57.6 Å². The Balaban J connectivity index is 1.78. The lowest BCUT2D eigenvalue weighted by Gasteiger charge is -2.44. The predicted octanol–water partition coefficient (Wildman–Crippen LogP) is 2.13. The number of hydrogen-bond acceptors (Lipinski definition) is 2. The van der Waals surface area contributed by atoms with E-state index >= 15 is 0 Å². The van der Waals surface area contributed by atoms with Crippen molar-refractivity contribution in [2.75, 3.05) is 6.54 Å². The number of carbonyl (C=O) groups excluding carboxylic acids is 1. The fourth-order valence-corrected chi connectivity index (χ4v) is 4.48. The van der Waals surface area contributed by atoms with Crippen LogP contribution in [0, 0.1) is 23.2 Å². The first-order valence-corrected chi connectivity index (χ1v) is 7.47. The zero-order chi connectivity index (χ0) is 13.8. The van der Waals surface area contributed by atoms with Crippen LogP contribution in [0.25, 0.3) is 0 Å². The molecular formula is C15H23NO3. The summed E-state index contributed by atoms with van der Waals surface area (Å²) in [5.74, 6) is 0.544. The highest BCUT2D eigenvalue weighted by molar-refractivity contribution is 5.88. The lowest BCUT2D eigenvalue weighted by Crippen LogP contribution is -2.57. The smallest absolute Gasteiger partial charge is 0.326 e. The summed E-state index contributed by atoms with van der Waals surface area (Å²) in [7, 11) is 0. The summed E-state index contributed by atoms with van der Waals surface area (Å²) in [5, 5.41) is 9.50. The SMILES string of the molecule is CC1(C)CCCN(C(=O)C2C3CCCC32)C1C(=O)O. The minimum atomic E-state index is -0.844. The van der Waals surface area contributed by atoms with Crippen LogP contribution in [0.2, 0.25) is 0 Å². The van der Waals surface area contributed by atoms with Gasteiger partial charge < -0.3 is 10.0 Å². The second-order valence-electron chi connectivity index (χ2n) is 7.15. The molecule has 2 saturated carbocycles. The van der Waals surface area contributed by atoms with Crippen molar-refractivity contribution >= 4 is 11.9 Å². The van der Waals surface area contributed by atoms with Gasteiger partial charge in [0.15, 0.2) is 0 Å².